The predicted octanol–water partition coefficient (Wildman–Crippen LogP) is -1.17. The fourth-order valence-corrected chi connectivity index (χ4v) is 0.357. The van der Waals surface area contributed by atoms with Crippen molar-refractivity contribution in [2.45, 2.75) is 12.3 Å². The van der Waals surface area contributed by atoms with E-state index in [1.54, 1.807) is 0 Å². The maximum Gasteiger partial charge on any atom is 0.357 e. The van der Waals surface area contributed by atoms with E-state index in [0.717, 1.165) is 6.92 Å². The molecule has 56 valence electrons. The van der Waals surface area contributed by atoms with Gasteiger partial charge in [-0.2, -0.15) is 0 Å². The molecule has 0 saturated heterocycles. The summed E-state index contributed by atoms with van der Waals surface area (Å²) < 4.78 is 10.2. The number of hydrogen-bond acceptors (Lipinski definition) is 3. The summed E-state index contributed by atoms with van der Waals surface area (Å²) in [4.78, 5) is 16.7. The van der Waals surface area contributed by atoms with E-state index in [1.165, 1.54) is 0 Å². The number of hydrogen-bond donors (Lipinski definition) is 4. The van der Waals surface area contributed by atoms with Gasteiger partial charge in [0.05, 0.1) is 0 Å². The van der Waals surface area contributed by atoms with Crippen molar-refractivity contribution >= 4 is 7.60 Å². The lowest BCUT2D eigenvalue weighted by Crippen LogP contribution is -2.33. The molecule has 0 aliphatic rings. The fourth-order valence-electron chi connectivity index (χ4n) is 0.119. The van der Waals surface area contributed by atoms with Gasteiger partial charge in [0.1, 0.15) is 0 Å². The Balaban J connectivity index is 4.34. The Labute approximate surface area is 52.7 Å². The average Bonchev–Trinajstić information content (AvgIpc) is 1.64. The summed E-state index contributed by atoms with van der Waals surface area (Å²) in [5.41, 5.74) is 4.85. The van der Waals surface area contributed by atoms with Gasteiger partial charge in [0.15, 0.2) is 5.34 Å². The summed E-state index contributed by atoms with van der Waals surface area (Å²) in [6.07, 6.45) is 0. The van der Waals surface area contributed by atoms with E-state index in [2.05, 4.69) is 0 Å². The van der Waals surface area contributed by atoms with Gasteiger partial charge in [0, 0.05) is 6.54 Å². The van der Waals surface area contributed by atoms with Gasteiger partial charge < -0.3 is 20.6 Å². The van der Waals surface area contributed by atoms with Gasteiger partial charge in [-0.15, -0.1) is 0 Å². The molecule has 1 atom stereocenters. The predicted molar refractivity (Wildman–Crippen MR) is 31.7 cm³/mol. The third-order valence-corrected chi connectivity index (χ3v) is 2.45. The van der Waals surface area contributed by atoms with Crippen LogP contribution < -0.4 is 5.73 Å². The van der Waals surface area contributed by atoms with E-state index in [-0.39, 0.29) is 0 Å². The van der Waals surface area contributed by atoms with Gasteiger partial charge in [0.25, 0.3) is 0 Å². The lowest BCUT2D eigenvalue weighted by molar-refractivity contribution is 0.117. The third kappa shape index (κ3) is 2.04. The summed E-state index contributed by atoms with van der Waals surface area (Å²) in [6.45, 7) is 0.547. The lowest BCUT2D eigenvalue weighted by atomic mass is 10.4. The Kier molecular flexibility index (Phi) is 2.38. The quantitative estimate of drug-likeness (QED) is 0.376. The van der Waals surface area contributed by atoms with Crippen LogP contribution in [-0.2, 0) is 4.57 Å². The monoisotopic (exact) mass is 155 g/mol. The highest BCUT2D eigenvalue weighted by atomic mass is 31.2. The van der Waals surface area contributed by atoms with Crippen LogP contribution in [0, 0.1) is 0 Å². The summed E-state index contributed by atoms with van der Waals surface area (Å²) in [6, 6.07) is 0. The lowest BCUT2D eigenvalue weighted by Gasteiger charge is -2.21. The molecular formula is C3H10NO4P. The molecule has 5 nitrogen and oxygen atoms in total. The largest absolute Gasteiger partial charge is 0.377 e. The first-order valence-electron chi connectivity index (χ1n) is 2.29. The van der Waals surface area contributed by atoms with Crippen LogP contribution in [0.25, 0.3) is 0 Å². The molecule has 0 aromatic rings. The molecule has 0 rings (SSSR count). The van der Waals surface area contributed by atoms with Crippen molar-refractivity contribution in [1.82, 2.24) is 0 Å². The first-order valence-corrected chi connectivity index (χ1v) is 3.90. The number of aliphatic hydroxyl groups is 1. The van der Waals surface area contributed by atoms with Crippen molar-refractivity contribution in [2.75, 3.05) is 6.54 Å². The summed E-state index contributed by atoms with van der Waals surface area (Å²) in [5, 5.41) is 6.70. The van der Waals surface area contributed by atoms with E-state index in [9.17, 15) is 4.57 Å². The molecule has 0 radical (unpaired) electrons. The summed E-state index contributed by atoms with van der Waals surface area (Å²) >= 11 is 0. The Morgan fingerprint density at radius 2 is 2.00 bits per heavy atom. The third-order valence-electron chi connectivity index (χ3n) is 1.01. The highest BCUT2D eigenvalue weighted by Crippen LogP contribution is 2.47. The molecular weight excluding hydrogens is 145 g/mol. The van der Waals surface area contributed by atoms with Gasteiger partial charge in [-0.05, 0) is 6.92 Å². The van der Waals surface area contributed by atoms with Crippen molar-refractivity contribution in [3.63, 3.8) is 0 Å². The molecule has 5 N–H and O–H groups in total. The van der Waals surface area contributed by atoms with Crippen molar-refractivity contribution in [3.8, 4) is 0 Å². The molecule has 0 aromatic carbocycles. The van der Waals surface area contributed by atoms with Crippen LogP contribution in [0.3, 0.4) is 0 Å². The first-order chi connectivity index (χ1) is 3.81. The molecule has 9 heavy (non-hydrogen) atoms. The topological polar surface area (TPSA) is 104 Å². The van der Waals surface area contributed by atoms with Gasteiger partial charge >= 0.3 is 7.60 Å². The minimum Gasteiger partial charge on any atom is -0.377 e. The molecule has 0 unspecified atom stereocenters. The maximum atomic E-state index is 10.2. The highest BCUT2D eigenvalue weighted by Gasteiger charge is 2.38. The molecule has 0 aromatic heterocycles. The van der Waals surface area contributed by atoms with E-state index in [0.29, 0.717) is 0 Å². The zero-order chi connectivity index (χ0) is 7.71. The Morgan fingerprint density at radius 3 is 2.00 bits per heavy atom. The van der Waals surface area contributed by atoms with Crippen LogP contribution in [0.5, 0.6) is 0 Å². The van der Waals surface area contributed by atoms with Crippen molar-refractivity contribution in [2.24, 2.45) is 5.73 Å². The second-order valence-electron chi connectivity index (χ2n) is 1.97. The Hall–Kier alpha value is 0.0700. The Morgan fingerprint density at radius 1 is 1.67 bits per heavy atom. The van der Waals surface area contributed by atoms with Crippen LogP contribution in [0.1, 0.15) is 6.92 Å². The van der Waals surface area contributed by atoms with E-state index >= 15 is 0 Å². The zero-order valence-corrected chi connectivity index (χ0v) is 5.88. The molecule has 0 fully saturated rings. The fraction of sp³-hybridized carbons (Fsp3) is 1.00. The maximum absolute atomic E-state index is 10.2. The standard InChI is InChI=1S/C3H10NO4P/c1-3(5,2-4)9(6,7)8/h5H,2,4H2,1H3,(H2,6,7,8)/t3-/m0/s1. The molecule has 0 bridgehead atoms. The minimum absolute atomic E-state index is 0.447. The highest BCUT2D eigenvalue weighted by molar-refractivity contribution is 7.53. The van der Waals surface area contributed by atoms with E-state index < -0.39 is 19.5 Å². The van der Waals surface area contributed by atoms with Gasteiger partial charge in [-0.3, -0.25) is 4.57 Å². The van der Waals surface area contributed by atoms with E-state index in [1.807, 2.05) is 0 Å². The van der Waals surface area contributed by atoms with Crippen molar-refractivity contribution < 1.29 is 19.5 Å². The average molecular weight is 155 g/mol. The first kappa shape index (κ1) is 9.07. The number of rotatable bonds is 2. The zero-order valence-electron chi connectivity index (χ0n) is 4.98. The van der Waals surface area contributed by atoms with Crippen LogP contribution in [-0.4, -0.2) is 26.8 Å². The molecule has 0 aliphatic heterocycles. The van der Waals surface area contributed by atoms with Gasteiger partial charge in [-0.25, -0.2) is 0 Å². The smallest absolute Gasteiger partial charge is 0.357 e. The molecule has 0 saturated carbocycles. The second-order valence-corrected chi connectivity index (χ2v) is 4.02. The molecule has 0 aliphatic carbocycles. The summed E-state index contributed by atoms with van der Waals surface area (Å²) in [5.74, 6) is 0. The molecule has 6 heteroatoms. The van der Waals surface area contributed by atoms with Crippen LogP contribution in [0.2, 0.25) is 0 Å². The van der Waals surface area contributed by atoms with Crippen LogP contribution in [0.4, 0.5) is 0 Å². The second kappa shape index (κ2) is 2.36. The Bertz CT molecular complexity index is 139. The SMILES string of the molecule is C[C@@](O)(CN)P(=O)(O)O. The van der Waals surface area contributed by atoms with Crippen LogP contribution >= 0.6 is 7.60 Å². The van der Waals surface area contributed by atoms with Crippen LogP contribution in [0.15, 0.2) is 0 Å². The molecule has 0 spiro atoms. The van der Waals surface area contributed by atoms with Gasteiger partial charge in [0.2, 0.25) is 0 Å². The normalized spacial score (nSPS) is 19.2. The van der Waals surface area contributed by atoms with E-state index in [4.69, 9.17) is 20.6 Å². The summed E-state index contributed by atoms with van der Waals surface area (Å²) in [7, 11) is -4.44. The minimum atomic E-state index is -4.44. The molecule has 0 heterocycles. The number of nitrogens with two attached hydrogens (primary N) is 1. The molecule has 0 amide bonds. The van der Waals surface area contributed by atoms with Crippen molar-refractivity contribution in [1.29, 1.82) is 0 Å². The van der Waals surface area contributed by atoms with Crippen molar-refractivity contribution in [3.05, 3.63) is 0 Å². The van der Waals surface area contributed by atoms with Gasteiger partial charge in [-0.1, -0.05) is 0 Å².